The first-order chi connectivity index (χ1) is 11.1. The van der Waals surface area contributed by atoms with Gasteiger partial charge >= 0.3 is 8.80 Å². The molecule has 130 valence electrons. The zero-order chi connectivity index (χ0) is 17.1. The van der Waals surface area contributed by atoms with Crippen LogP contribution in [0.5, 0.6) is 0 Å². The van der Waals surface area contributed by atoms with Crippen LogP contribution in [0, 0.1) is 0 Å². The Balaban J connectivity index is 2.90. The Kier molecular flexibility index (Phi) is 9.17. The SMILES string of the molecule is C=CNC(CC)[Si](OCC)(OCC)OC(C)Cc1ccccc1. The molecule has 23 heavy (non-hydrogen) atoms. The molecule has 0 bridgehead atoms. The smallest absolute Gasteiger partial charge is 0.384 e. The third kappa shape index (κ3) is 6.10. The van der Waals surface area contributed by atoms with E-state index in [1.807, 2.05) is 32.0 Å². The summed E-state index contributed by atoms with van der Waals surface area (Å²) >= 11 is 0. The monoisotopic (exact) mass is 337 g/mol. The predicted molar refractivity (Wildman–Crippen MR) is 97.1 cm³/mol. The van der Waals surface area contributed by atoms with Crippen molar-refractivity contribution in [3.8, 4) is 0 Å². The van der Waals surface area contributed by atoms with Crippen LogP contribution in [0.15, 0.2) is 43.1 Å². The van der Waals surface area contributed by atoms with Gasteiger partial charge in [0.1, 0.15) is 0 Å². The van der Waals surface area contributed by atoms with E-state index in [4.69, 9.17) is 13.3 Å². The van der Waals surface area contributed by atoms with E-state index in [1.165, 1.54) is 5.56 Å². The quantitative estimate of drug-likeness (QED) is 0.590. The maximum absolute atomic E-state index is 6.41. The lowest BCUT2D eigenvalue weighted by atomic mass is 10.1. The molecule has 0 aromatic heterocycles. The molecular formula is C18H31NO3Si. The maximum Gasteiger partial charge on any atom is 0.524 e. The molecule has 1 aromatic carbocycles. The van der Waals surface area contributed by atoms with Gasteiger partial charge in [-0.1, -0.05) is 43.8 Å². The van der Waals surface area contributed by atoms with Crippen LogP contribution >= 0.6 is 0 Å². The lowest BCUT2D eigenvalue weighted by molar-refractivity contribution is 0.0279. The molecule has 0 saturated heterocycles. The van der Waals surface area contributed by atoms with Gasteiger partial charge in [-0.3, -0.25) is 0 Å². The van der Waals surface area contributed by atoms with Crippen molar-refractivity contribution in [2.45, 2.75) is 52.3 Å². The summed E-state index contributed by atoms with van der Waals surface area (Å²) in [6, 6.07) is 10.3. The predicted octanol–water partition coefficient (Wildman–Crippen LogP) is 3.70. The Hall–Kier alpha value is -1.14. The molecule has 0 aliphatic carbocycles. The topological polar surface area (TPSA) is 39.7 Å². The van der Waals surface area contributed by atoms with Crippen molar-refractivity contribution < 1.29 is 13.3 Å². The molecule has 1 N–H and O–H groups in total. The molecule has 0 saturated carbocycles. The Morgan fingerprint density at radius 3 is 2.22 bits per heavy atom. The summed E-state index contributed by atoms with van der Waals surface area (Å²) in [5.74, 6) is 0. The van der Waals surface area contributed by atoms with Gasteiger partial charge in [0, 0.05) is 13.2 Å². The second-order valence-electron chi connectivity index (χ2n) is 5.42. The van der Waals surface area contributed by atoms with E-state index >= 15 is 0 Å². The molecule has 2 atom stereocenters. The minimum atomic E-state index is -2.85. The van der Waals surface area contributed by atoms with E-state index in [0.29, 0.717) is 13.2 Å². The molecule has 0 aliphatic rings. The second-order valence-corrected chi connectivity index (χ2v) is 8.14. The van der Waals surface area contributed by atoms with E-state index < -0.39 is 8.80 Å². The second kappa shape index (κ2) is 10.6. The molecule has 4 nitrogen and oxygen atoms in total. The zero-order valence-corrected chi connectivity index (χ0v) is 15.9. The molecule has 0 radical (unpaired) electrons. The van der Waals surface area contributed by atoms with Crippen LogP contribution in [0.25, 0.3) is 0 Å². The highest BCUT2D eigenvalue weighted by Gasteiger charge is 2.49. The fourth-order valence-corrected chi connectivity index (χ4v) is 5.73. The number of rotatable bonds is 12. The fraction of sp³-hybridized carbons (Fsp3) is 0.556. The molecule has 0 fully saturated rings. The van der Waals surface area contributed by atoms with Crippen LogP contribution in [-0.2, 0) is 19.7 Å². The minimum absolute atomic E-state index is 0.0122. The van der Waals surface area contributed by atoms with Gasteiger partial charge in [-0.05, 0) is 45.4 Å². The van der Waals surface area contributed by atoms with Gasteiger partial charge < -0.3 is 18.6 Å². The molecule has 0 amide bonds. The van der Waals surface area contributed by atoms with Gasteiger partial charge in [-0.15, -0.1) is 0 Å². The Labute approximate surface area is 142 Å². The molecule has 1 rings (SSSR count). The van der Waals surface area contributed by atoms with E-state index in [0.717, 1.165) is 12.8 Å². The van der Waals surface area contributed by atoms with Crippen LogP contribution in [0.3, 0.4) is 0 Å². The van der Waals surface area contributed by atoms with Crippen molar-refractivity contribution in [3.63, 3.8) is 0 Å². The highest BCUT2D eigenvalue weighted by atomic mass is 28.4. The largest absolute Gasteiger partial charge is 0.524 e. The molecule has 1 aromatic rings. The van der Waals surface area contributed by atoms with Gasteiger partial charge in [-0.25, -0.2) is 0 Å². The summed E-state index contributed by atoms with van der Waals surface area (Å²) in [6.45, 7) is 13.0. The van der Waals surface area contributed by atoms with Crippen molar-refractivity contribution in [2.75, 3.05) is 13.2 Å². The van der Waals surface area contributed by atoms with Crippen molar-refractivity contribution in [3.05, 3.63) is 48.7 Å². The lowest BCUT2D eigenvalue weighted by Gasteiger charge is -2.37. The van der Waals surface area contributed by atoms with Crippen molar-refractivity contribution >= 4 is 8.80 Å². The molecule has 0 aliphatic heterocycles. The van der Waals surface area contributed by atoms with Crippen LogP contribution in [0.1, 0.15) is 39.7 Å². The van der Waals surface area contributed by atoms with Gasteiger partial charge in [0.05, 0.1) is 11.8 Å². The summed E-state index contributed by atoms with van der Waals surface area (Å²) in [5, 5.41) is 3.26. The average molecular weight is 338 g/mol. The third-order valence-corrected chi connectivity index (χ3v) is 7.12. The molecule has 0 heterocycles. The minimum Gasteiger partial charge on any atom is -0.384 e. The van der Waals surface area contributed by atoms with Crippen molar-refractivity contribution in [1.82, 2.24) is 5.32 Å². The zero-order valence-electron chi connectivity index (χ0n) is 14.9. The van der Waals surface area contributed by atoms with Crippen molar-refractivity contribution in [2.24, 2.45) is 0 Å². The van der Waals surface area contributed by atoms with E-state index in [1.54, 1.807) is 6.20 Å². The first kappa shape index (κ1) is 19.9. The molecule has 2 unspecified atom stereocenters. The van der Waals surface area contributed by atoms with Gasteiger partial charge in [0.2, 0.25) is 0 Å². The summed E-state index contributed by atoms with van der Waals surface area (Å²) in [7, 11) is -2.85. The summed E-state index contributed by atoms with van der Waals surface area (Å²) < 4.78 is 18.5. The maximum atomic E-state index is 6.41. The Morgan fingerprint density at radius 1 is 1.13 bits per heavy atom. The van der Waals surface area contributed by atoms with E-state index in [-0.39, 0.29) is 11.8 Å². The summed E-state index contributed by atoms with van der Waals surface area (Å²) in [5.41, 5.74) is 1.26. The average Bonchev–Trinajstić information content (AvgIpc) is 2.53. The fourth-order valence-electron chi connectivity index (χ4n) is 2.68. The van der Waals surface area contributed by atoms with Gasteiger partial charge in [-0.2, -0.15) is 0 Å². The molecule has 0 spiro atoms. The highest BCUT2D eigenvalue weighted by Crippen LogP contribution is 2.21. The standard InChI is InChI=1S/C18H31NO3Si/c1-6-18(19-7-2)23(20-8-3,21-9-4)22-16(5)15-17-13-11-10-12-14-17/h7,10-14,16,18-19H,2,6,8-9,15H2,1,3-5H3. The third-order valence-electron chi connectivity index (χ3n) is 3.58. The van der Waals surface area contributed by atoms with Crippen LogP contribution in [0.4, 0.5) is 0 Å². The van der Waals surface area contributed by atoms with Crippen LogP contribution in [-0.4, -0.2) is 33.8 Å². The highest BCUT2D eigenvalue weighted by molar-refractivity contribution is 6.62. The summed E-state index contributed by atoms with van der Waals surface area (Å²) in [4.78, 5) is 0. The van der Waals surface area contributed by atoms with Crippen LogP contribution < -0.4 is 5.32 Å². The number of nitrogens with one attached hydrogen (secondary N) is 1. The van der Waals surface area contributed by atoms with Gasteiger partial charge in [0.15, 0.2) is 0 Å². The normalized spacial score (nSPS) is 14.3. The number of hydrogen-bond donors (Lipinski definition) is 1. The summed E-state index contributed by atoms with van der Waals surface area (Å²) in [6.07, 6.45) is 3.40. The first-order valence-corrected chi connectivity index (χ1v) is 10.3. The first-order valence-electron chi connectivity index (χ1n) is 8.48. The molecular weight excluding hydrogens is 306 g/mol. The molecule has 5 heteroatoms. The lowest BCUT2D eigenvalue weighted by Crippen LogP contribution is -2.62. The van der Waals surface area contributed by atoms with E-state index in [2.05, 4.69) is 37.9 Å². The van der Waals surface area contributed by atoms with Crippen molar-refractivity contribution in [1.29, 1.82) is 0 Å². The Bertz CT molecular complexity index is 435. The van der Waals surface area contributed by atoms with Gasteiger partial charge in [0.25, 0.3) is 0 Å². The Morgan fingerprint density at radius 2 is 1.74 bits per heavy atom. The van der Waals surface area contributed by atoms with Crippen LogP contribution in [0.2, 0.25) is 0 Å². The van der Waals surface area contributed by atoms with E-state index in [9.17, 15) is 0 Å². The number of hydrogen-bond acceptors (Lipinski definition) is 4. The number of benzene rings is 1.